The summed E-state index contributed by atoms with van der Waals surface area (Å²) in [6.07, 6.45) is 1.02. The normalized spacial score (nSPS) is 12.1. The average molecular weight is 290 g/mol. The summed E-state index contributed by atoms with van der Waals surface area (Å²) < 4.78 is 15.3. The monoisotopic (exact) mass is 290 g/mol. The molecule has 0 saturated carbocycles. The second kappa shape index (κ2) is 6.43. The van der Waals surface area contributed by atoms with Crippen LogP contribution in [0.2, 0.25) is 0 Å². The summed E-state index contributed by atoms with van der Waals surface area (Å²) >= 11 is 0. The molecule has 5 heteroatoms. The van der Waals surface area contributed by atoms with Gasteiger partial charge in [0.2, 0.25) is 0 Å². The molecule has 2 rings (SSSR count). The van der Waals surface area contributed by atoms with E-state index in [2.05, 4.69) is 11.7 Å². The largest absolute Gasteiger partial charge is 0.479 e. The van der Waals surface area contributed by atoms with E-state index in [-0.39, 0.29) is 5.63 Å². The number of rotatable bonds is 5. The number of benzene rings is 1. The summed E-state index contributed by atoms with van der Waals surface area (Å²) in [5.41, 5.74) is 1.03. The van der Waals surface area contributed by atoms with Crippen LogP contribution in [0.25, 0.3) is 11.0 Å². The number of aryl methyl sites for hydroxylation is 1. The molecule has 0 spiro atoms. The summed E-state index contributed by atoms with van der Waals surface area (Å²) in [6.45, 7) is 3.65. The van der Waals surface area contributed by atoms with Crippen LogP contribution < -0.4 is 10.4 Å². The smallest absolute Gasteiger partial charge is 0.346 e. The first kappa shape index (κ1) is 15.1. The molecule has 1 aromatic carbocycles. The third-order valence-electron chi connectivity index (χ3n) is 3.17. The molecular weight excluding hydrogens is 272 g/mol. The first-order valence-corrected chi connectivity index (χ1v) is 6.86. The molecule has 0 aliphatic rings. The van der Waals surface area contributed by atoms with E-state index in [9.17, 15) is 9.59 Å². The van der Waals surface area contributed by atoms with E-state index < -0.39 is 12.1 Å². The molecule has 1 unspecified atom stereocenters. The lowest BCUT2D eigenvalue weighted by molar-refractivity contribution is -0.147. The van der Waals surface area contributed by atoms with Crippen molar-refractivity contribution in [3.05, 3.63) is 40.2 Å². The Labute approximate surface area is 122 Å². The van der Waals surface area contributed by atoms with Gasteiger partial charge in [-0.05, 0) is 31.0 Å². The molecule has 112 valence electrons. The first-order chi connectivity index (χ1) is 10.0. The highest BCUT2D eigenvalue weighted by molar-refractivity contribution is 5.82. The van der Waals surface area contributed by atoms with Gasteiger partial charge in [0.25, 0.3) is 0 Å². The molecule has 1 aromatic heterocycles. The van der Waals surface area contributed by atoms with Crippen LogP contribution >= 0.6 is 0 Å². The third-order valence-corrected chi connectivity index (χ3v) is 3.17. The number of carbonyl (C=O) groups is 1. The van der Waals surface area contributed by atoms with Crippen LogP contribution in [-0.2, 0) is 16.0 Å². The number of esters is 1. The van der Waals surface area contributed by atoms with Crippen molar-refractivity contribution in [1.29, 1.82) is 0 Å². The molecular formula is C16H18O5. The van der Waals surface area contributed by atoms with Crippen molar-refractivity contribution >= 4 is 16.9 Å². The lowest BCUT2D eigenvalue weighted by Gasteiger charge is -2.13. The van der Waals surface area contributed by atoms with Crippen molar-refractivity contribution in [2.24, 2.45) is 0 Å². The summed E-state index contributed by atoms with van der Waals surface area (Å²) in [5, 5.41) is 0.884. The van der Waals surface area contributed by atoms with E-state index in [1.807, 2.05) is 6.07 Å². The number of hydrogen-bond acceptors (Lipinski definition) is 5. The van der Waals surface area contributed by atoms with Crippen LogP contribution in [0.4, 0.5) is 0 Å². The molecule has 1 heterocycles. The topological polar surface area (TPSA) is 65.7 Å². The fraction of sp³-hybridized carbons (Fsp3) is 0.375. The van der Waals surface area contributed by atoms with Crippen LogP contribution in [0, 0.1) is 0 Å². The zero-order chi connectivity index (χ0) is 15.4. The van der Waals surface area contributed by atoms with Gasteiger partial charge in [0.05, 0.1) is 7.11 Å². The Morgan fingerprint density at radius 1 is 1.33 bits per heavy atom. The number of methoxy groups -OCH3 is 1. The Bertz CT molecular complexity index is 701. The maximum atomic E-state index is 11.6. The fourth-order valence-corrected chi connectivity index (χ4v) is 2.18. The molecule has 0 radical (unpaired) electrons. The maximum Gasteiger partial charge on any atom is 0.346 e. The molecule has 0 aliphatic heterocycles. The summed E-state index contributed by atoms with van der Waals surface area (Å²) in [7, 11) is 1.30. The molecule has 0 fully saturated rings. The van der Waals surface area contributed by atoms with Crippen LogP contribution in [0.5, 0.6) is 5.75 Å². The zero-order valence-corrected chi connectivity index (χ0v) is 12.3. The van der Waals surface area contributed by atoms with Crippen molar-refractivity contribution in [2.75, 3.05) is 7.11 Å². The Morgan fingerprint density at radius 2 is 2.10 bits per heavy atom. The molecule has 0 amide bonds. The summed E-state index contributed by atoms with van der Waals surface area (Å²) in [5.74, 6) is -0.00604. The lowest BCUT2D eigenvalue weighted by Crippen LogP contribution is -2.24. The lowest BCUT2D eigenvalue weighted by atomic mass is 10.1. The summed E-state index contributed by atoms with van der Waals surface area (Å²) in [4.78, 5) is 22.9. The van der Waals surface area contributed by atoms with E-state index >= 15 is 0 Å². The van der Waals surface area contributed by atoms with Gasteiger partial charge < -0.3 is 13.9 Å². The molecule has 2 aromatic rings. The van der Waals surface area contributed by atoms with Gasteiger partial charge in [0.15, 0.2) is 6.10 Å². The van der Waals surface area contributed by atoms with Gasteiger partial charge in [-0.1, -0.05) is 13.3 Å². The van der Waals surface area contributed by atoms with Crippen molar-refractivity contribution in [2.45, 2.75) is 32.8 Å². The molecule has 0 aliphatic carbocycles. The van der Waals surface area contributed by atoms with Gasteiger partial charge in [0, 0.05) is 17.5 Å². The van der Waals surface area contributed by atoms with E-state index in [4.69, 9.17) is 9.15 Å². The van der Waals surface area contributed by atoms with E-state index in [0.717, 1.165) is 23.8 Å². The Balaban J connectivity index is 2.38. The first-order valence-electron chi connectivity index (χ1n) is 6.86. The van der Waals surface area contributed by atoms with Gasteiger partial charge in [-0.2, -0.15) is 0 Å². The Kier molecular flexibility index (Phi) is 4.62. The highest BCUT2D eigenvalue weighted by atomic mass is 16.6. The van der Waals surface area contributed by atoms with Crippen molar-refractivity contribution in [1.82, 2.24) is 0 Å². The molecule has 5 nitrogen and oxygen atoms in total. The van der Waals surface area contributed by atoms with E-state index in [1.165, 1.54) is 13.2 Å². The standard InChI is InChI=1S/C16H18O5/c1-4-5-11-8-15(17)21-14-9-12(6-7-13(11)14)20-10(2)16(18)19-3/h6-10H,4-5H2,1-3H3. The minimum atomic E-state index is -0.724. The van der Waals surface area contributed by atoms with Crippen LogP contribution in [0.15, 0.2) is 33.5 Å². The van der Waals surface area contributed by atoms with Crippen LogP contribution in [0.1, 0.15) is 25.8 Å². The summed E-state index contributed by atoms with van der Waals surface area (Å²) in [6, 6.07) is 6.72. The highest BCUT2D eigenvalue weighted by Gasteiger charge is 2.15. The highest BCUT2D eigenvalue weighted by Crippen LogP contribution is 2.24. The van der Waals surface area contributed by atoms with Gasteiger partial charge in [0.1, 0.15) is 11.3 Å². The van der Waals surface area contributed by atoms with Crippen molar-refractivity contribution in [3.63, 3.8) is 0 Å². The third kappa shape index (κ3) is 3.42. The molecule has 0 saturated heterocycles. The Hall–Kier alpha value is -2.30. The Morgan fingerprint density at radius 3 is 2.76 bits per heavy atom. The zero-order valence-electron chi connectivity index (χ0n) is 12.3. The number of carbonyl (C=O) groups excluding carboxylic acids is 1. The SMILES string of the molecule is CCCc1cc(=O)oc2cc(OC(C)C(=O)OC)ccc12. The predicted molar refractivity (Wildman–Crippen MR) is 78.6 cm³/mol. The number of hydrogen-bond donors (Lipinski definition) is 0. The predicted octanol–water partition coefficient (Wildman–Crippen LogP) is 2.69. The average Bonchev–Trinajstić information content (AvgIpc) is 2.46. The van der Waals surface area contributed by atoms with Gasteiger partial charge in [-0.25, -0.2) is 9.59 Å². The van der Waals surface area contributed by atoms with Gasteiger partial charge >= 0.3 is 11.6 Å². The van der Waals surface area contributed by atoms with Crippen LogP contribution in [-0.4, -0.2) is 19.2 Å². The van der Waals surface area contributed by atoms with Crippen LogP contribution in [0.3, 0.4) is 0 Å². The van der Waals surface area contributed by atoms with Gasteiger partial charge in [-0.3, -0.25) is 0 Å². The molecule has 0 N–H and O–H groups in total. The van der Waals surface area contributed by atoms with E-state index in [1.54, 1.807) is 19.1 Å². The number of ether oxygens (including phenoxy) is 2. The second-order valence-electron chi connectivity index (χ2n) is 4.78. The van der Waals surface area contributed by atoms with Gasteiger partial charge in [-0.15, -0.1) is 0 Å². The maximum absolute atomic E-state index is 11.6. The minimum Gasteiger partial charge on any atom is -0.479 e. The molecule has 0 bridgehead atoms. The second-order valence-corrected chi connectivity index (χ2v) is 4.78. The quantitative estimate of drug-likeness (QED) is 0.625. The minimum absolute atomic E-state index is 0.385. The number of fused-ring (bicyclic) bond motifs is 1. The van der Waals surface area contributed by atoms with Crippen molar-refractivity contribution in [3.8, 4) is 5.75 Å². The molecule has 21 heavy (non-hydrogen) atoms. The molecule has 1 atom stereocenters. The van der Waals surface area contributed by atoms with E-state index in [0.29, 0.717) is 11.3 Å². The van der Waals surface area contributed by atoms with Crippen molar-refractivity contribution < 1.29 is 18.7 Å². The fourth-order valence-electron chi connectivity index (χ4n) is 2.18.